The lowest BCUT2D eigenvalue weighted by atomic mass is 10.0. The minimum absolute atomic E-state index is 0.00122. The number of imidazole rings is 1. The summed E-state index contributed by atoms with van der Waals surface area (Å²) in [5.41, 5.74) is 0.953. The number of nitriles is 1. The van der Waals surface area contributed by atoms with Crippen LogP contribution in [0, 0.1) is 11.3 Å². The molecule has 1 unspecified atom stereocenters. The van der Waals surface area contributed by atoms with Crippen LogP contribution in [0.4, 0.5) is 0 Å². The molecule has 0 radical (unpaired) electrons. The van der Waals surface area contributed by atoms with Crippen LogP contribution in [0.2, 0.25) is 0 Å². The van der Waals surface area contributed by atoms with Crippen molar-refractivity contribution in [3.8, 4) is 6.07 Å². The van der Waals surface area contributed by atoms with Crippen molar-refractivity contribution >= 4 is 0 Å². The first-order valence-corrected chi connectivity index (χ1v) is 6.51. The monoisotopic (exact) mass is 253 g/mol. The molecule has 4 nitrogen and oxygen atoms in total. The maximum atomic E-state index is 12.1. The van der Waals surface area contributed by atoms with E-state index in [1.807, 2.05) is 36.5 Å². The van der Waals surface area contributed by atoms with Crippen LogP contribution in [0.5, 0.6) is 0 Å². The molecule has 19 heavy (non-hydrogen) atoms. The van der Waals surface area contributed by atoms with Gasteiger partial charge in [0, 0.05) is 25.0 Å². The van der Waals surface area contributed by atoms with Gasteiger partial charge >= 0.3 is 5.69 Å². The largest absolute Gasteiger partial charge is 0.328 e. The van der Waals surface area contributed by atoms with Gasteiger partial charge in [-0.2, -0.15) is 5.26 Å². The molecular formula is C15H15N3O. The van der Waals surface area contributed by atoms with Gasteiger partial charge in [-0.05, 0) is 18.4 Å². The van der Waals surface area contributed by atoms with Gasteiger partial charge in [-0.15, -0.1) is 0 Å². The third-order valence-electron chi connectivity index (χ3n) is 3.55. The molecule has 0 aliphatic heterocycles. The standard InChI is InChI=1S/C15H15N3O/c16-10-13(12-4-2-1-3-5-12)11-17-8-9-18(15(17)19)14-6-7-14/h1-5,8-9,13-14H,6-7,11H2. The molecule has 4 heteroatoms. The van der Waals surface area contributed by atoms with E-state index in [4.69, 9.17) is 0 Å². The van der Waals surface area contributed by atoms with Gasteiger partial charge in [0.2, 0.25) is 0 Å². The molecule has 1 aromatic heterocycles. The Morgan fingerprint density at radius 3 is 2.63 bits per heavy atom. The van der Waals surface area contributed by atoms with Crippen LogP contribution >= 0.6 is 0 Å². The minimum Gasteiger partial charge on any atom is -0.298 e. The highest BCUT2D eigenvalue weighted by Gasteiger charge is 2.26. The molecule has 3 rings (SSSR count). The molecule has 1 fully saturated rings. The van der Waals surface area contributed by atoms with Gasteiger partial charge in [0.1, 0.15) is 0 Å². The van der Waals surface area contributed by atoms with Gasteiger partial charge < -0.3 is 0 Å². The Labute approximate surface area is 111 Å². The summed E-state index contributed by atoms with van der Waals surface area (Å²) in [5.74, 6) is -0.283. The number of benzene rings is 1. The molecule has 0 spiro atoms. The van der Waals surface area contributed by atoms with Crippen molar-refractivity contribution in [1.82, 2.24) is 9.13 Å². The number of rotatable bonds is 4. The maximum Gasteiger partial charge on any atom is 0.328 e. The molecular weight excluding hydrogens is 238 g/mol. The topological polar surface area (TPSA) is 50.7 Å². The van der Waals surface area contributed by atoms with E-state index in [2.05, 4.69) is 6.07 Å². The zero-order chi connectivity index (χ0) is 13.2. The predicted octanol–water partition coefficient (Wildman–Crippen LogP) is 2.29. The summed E-state index contributed by atoms with van der Waals surface area (Å²) >= 11 is 0. The van der Waals surface area contributed by atoms with Crippen molar-refractivity contribution in [2.45, 2.75) is 31.3 Å². The second-order valence-electron chi connectivity index (χ2n) is 4.96. The lowest BCUT2D eigenvalue weighted by Crippen LogP contribution is -2.25. The van der Waals surface area contributed by atoms with Crippen molar-refractivity contribution in [2.75, 3.05) is 0 Å². The Hall–Kier alpha value is -2.28. The molecule has 1 atom stereocenters. The van der Waals surface area contributed by atoms with Crippen molar-refractivity contribution in [1.29, 1.82) is 5.26 Å². The fraction of sp³-hybridized carbons (Fsp3) is 0.333. The van der Waals surface area contributed by atoms with Gasteiger partial charge in [-0.3, -0.25) is 9.13 Å². The second kappa shape index (κ2) is 4.77. The molecule has 0 N–H and O–H groups in total. The quantitative estimate of drug-likeness (QED) is 0.839. The molecule has 0 amide bonds. The number of aromatic nitrogens is 2. The number of nitrogens with zero attached hydrogens (tertiary/aromatic N) is 3. The molecule has 0 bridgehead atoms. The van der Waals surface area contributed by atoms with E-state index < -0.39 is 0 Å². The van der Waals surface area contributed by atoms with Gasteiger partial charge in [-0.1, -0.05) is 30.3 Å². The molecule has 2 aromatic rings. The van der Waals surface area contributed by atoms with E-state index in [9.17, 15) is 10.1 Å². The van der Waals surface area contributed by atoms with Crippen LogP contribution in [-0.4, -0.2) is 9.13 Å². The lowest BCUT2D eigenvalue weighted by molar-refractivity contribution is 0.592. The van der Waals surface area contributed by atoms with E-state index in [0.717, 1.165) is 18.4 Å². The van der Waals surface area contributed by atoms with Crippen molar-refractivity contribution in [3.63, 3.8) is 0 Å². The summed E-state index contributed by atoms with van der Waals surface area (Å²) in [7, 11) is 0. The third-order valence-corrected chi connectivity index (χ3v) is 3.55. The first-order valence-electron chi connectivity index (χ1n) is 6.51. The molecule has 0 saturated heterocycles. The van der Waals surface area contributed by atoms with Crippen LogP contribution in [0.1, 0.15) is 30.4 Å². The lowest BCUT2D eigenvalue weighted by Gasteiger charge is -2.09. The third kappa shape index (κ3) is 2.32. The maximum absolute atomic E-state index is 12.1. The Kier molecular flexibility index (Phi) is 2.96. The van der Waals surface area contributed by atoms with Crippen LogP contribution in [0.3, 0.4) is 0 Å². The molecule has 1 aliphatic rings. The highest BCUT2D eigenvalue weighted by atomic mass is 16.1. The minimum atomic E-state index is -0.283. The molecule has 1 heterocycles. The van der Waals surface area contributed by atoms with Crippen LogP contribution < -0.4 is 5.69 Å². The summed E-state index contributed by atoms with van der Waals surface area (Å²) in [4.78, 5) is 12.1. The van der Waals surface area contributed by atoms with Gasteiger partial charge in [0.15, 0.2) is 0 Å². The number of hydrogen-bond acceptors (Lipinski definition) is 2. The fourth-order valence-electron chi connectivity index (χ4n) is 2.30. The number of hydrogen-bond donors (Lipinski definition) is 0. The first-order chi connectivity index (χ1) is 9.29. The van der Waals surface area contributed by atoms with Crippen LogP contribution in [0.15, 0.2) is 47.5 Å². The molecule has 1 aromatic carbocycles. The Morgan fingerprint density at radius 2 is 2.00 bits per heavy atom. The SMILES string of the molecule is N#CC(Cn1ccn(C2CC2)c1=O)c1ccccc1. The normalized spacial score (nSPS) is 15.9. The smallest absolute Gasteiger partial charge is 0.298 e. The predicted molar refractivity (Wildman–Crippen MR) is 71.8 cm³/mol. The molecule has 1 saturated carbocycles. The average molecular weight is 253 g/mol. The van der Waals surface area contributed by atoms with Crippen LogP contribution in [0.25, 0.3) is 0 Å². The zero-order valence-corrected chi connectivity index (χ0v) is 10.6. The summed E-state index contributed by atoms with van der Waals surface area (Å²) in [6, 6.07) is 12.3. The summed E-state index contributed by atoms with van der Waals surface area (Å²) in [5, 5.41) is 9.29. The van der Waals surface area contributed by atoms with E-state index in [0.29, 0.717) is 12.6 Å². The van der Waals surface area contributed by atoms with Crippen LogP contribution in [-0.2, 0) is 6.54 Å². The first kappa shape index (κ1) is 11.8. The summed E-state index contributed by atoms with van der Waals surface area (Å²) in [6.07, 6.45) is 5.79. The highest BCUT2D eigenvalue weighted by molar-refractivity contribution is 5.24. The van der Waals surface area contributed by atoms with Gasteiger partial charge in [-0.25, -0.2) is 4.79 Å². The van der Waals surface area contributed by atoms with E-state index in [1.165, 1.54) is 0 Å². The molecule has 96 valence electrons. The van der Waals surface area contributed by atoms with E-state index in [-0.39, 0.29) is 11.6 Å². The van der Waals surface area contributed by atoms with Crippen molar-refractivity contribution in [3.05, 3.63) is 58.8 Å². The van der Waals surface area contributed by atoms with Gasteiger partial charge in [0.05, 0.1) is 12.0 Å². The van der Waals surface area contributed by atoms with Crippen molar-refractivity contribution in [2.24, 2.45) is 0 Å². The van der Waals surface area contributed by atoms with Gasteiger partial charge in [0.25, 0.3) is 0 Å². The second-order valence-corrected chi connectivity index (χ2v) is 4.96. The highest BCUT2D eigenvalue weighted by Crippen LogP contribution is 2.33. The summed E-state index contributed by atoms with van der Waals surface area (Å²) < 4.78 is 3.42. The Balaban J connectivity index is 1.84. The zero-order valence-electron chi connectivity index (χ0n) is 10.6. The Bertz CT molecular complexity index is 659. The molecule has 1 aliphatic carbocycles. The van der Waals surface area contributed by atoms with E-state index >= 15 is 0 Å². The average Bonchev–Trinajstić information content (AvgIpc) is 3.22. The summed E-state index contributed by atoms with van der Waals surface area (Å²) in [6.45, 7) is 0.416. The fourth-order valence-corrected chi connectivity index (χ4v) is 2.30. The van der Waals surface area contributed by atoms with E-state index in [1.54, 1.807) is 15.3 Å². The Morgan fingerprint density at radius 1 is 1.26 bits per heavy atom. The van der Waals surface area contributed by atoms with Crippen molar-refractivity contribution < 1.29 is 0 Å².